The van der Waals surface area contributed by atoms with E-state index in [4.69, 9.17) is 5.11 Å². The Balaban J connectivity index is 2.05. The van der Waals surface area contributed by atoms with Gasteiger partial charge in [-0.1, -0.05) is 0 Å². The molecule has 1 aromatic rings. The maximum absolute atomic E-state index is 12.0. The quantitative estimate of drug-likeness (QED) is 0.824. The Morgan fingerprint density at radius 2 is 2.28 bits per heavy atom. The first-order chi connectivity index (χ1) is 8.58. The summed E-state index contributed by atoms with van der Waals surface area (Å²) < 4.78 is 0. The molecule has 5 heteroatoms. The Labute approximate surface area is 105 Å². The Kier molecular flexibility index (Phi) is 3.60. The van der Waals surface area contributed by atoms with Gasteiger partial charge in [0.05, 0.1) is 12.0 Å². The van der Waals surface area contributed by atoms with Crippen molar-refractivity contribution >= 4 is 11.9 Å². The second kappa shape index (κ2) is 5.16. The zero-order valence-corrected chi connectivity index (χ0v) is 10.2. The number of amides is 1. The molecule has 0 radical (unpaired) electrons. The highest BCUT2D eigenvalue weighted by molar-refractivity contribution is 5.95. The van der Waals surface area contributed by atoms with Gasteiger partial charge in [0.1, 0.15) is 0 Å². The second-order valence-corrected chi connectivity index (χ2v) is 4.65. The van der Waals surface area contributed by atoms with Gasteiger partial charge in [0.2, 0.25) is 0 Å². The van der Waals surface area contributed by atoms with Gasteiger partial charge >= 0.3 is 5.97 Å². The molecule has 2 N–H and O–H groups in total. The molecule has 1 fully saturated rings. The molecule has 1 heterocycles. The van der Waals surface area contributed by atoms with E-state index in [2.05, 4.69) is 10.3 Å². The van der Waals surface area contributed by atoms with Gasteiger partial charge in [0.25, 0.3) is 5.91 Å². The van der Waals surface area contributed by atoms with Gasteiger partial charge in [0.15, 0.2) is 0 Å². The van der Waals surface area contributed by atoms with Crippen molar-refractivity contribution in [3.63, 3.8) is 0 Å². The lowest BCUT2D eigenvalue weighted by Gasteiger charge is -2.16. The number of carboxylic acids is 1. The molecule has 5 nitrogen and oxygen atoms in total. The summed E-state index contributed by atoms with van der Waals surface area (Å²) in [4.78, 5) is 26.9. The predicted molar refractivity (Wildman–Crippen MR) is 65.2 cm³/mol. The van der Waals surface area contributed by atoms with Crippen molar-refractivity contribution in [1.29, 1.82) is 0 Å². The zero-order valence-electron chi connectivity index (χ0n) is 10.2. The minimum Gasteiger partial charge on any atom is -0.481 e. The average molecular weight is 248 g/mol. The summed E-state index contributed by atoms with van der Waals surface area (Å²) in [6.07, 6.45) is 3.59. The van der Waals surface area contributed by atoms with Crippen LogP contribution in [-0.2, 0) is 4.79 Å². The van der Waals surface area contributed by atoms with Crippen LogP contribution < -0.4 is 5.32 Å². The maximum Gasteiger partial charge on any atom is 0.305 e. The molecule has 1 aliphatic carbocycles. The molecule has 0 spiro atoms. The number of aryl methyl sites for hydroxylation is 1. The van der Waals surface area contributed by atoms with E-state index in [1.807, 2.05) is 0 Å². The van der Waals surface area contributed by atoms with Gasteiger partial charge in [-0.2, -0.15) is 0 Å². The standard InChI is InChI=1S/C13H16N2O3/c1-8-10(3-2-6-14-8)13(18)15-11(7-12(16)17)9-4-5-9/h2-3,6,9,11H,4-5,7H2,1H3,(H,15,18)(H,16,17). The molecule has 0 aliphatic heterocycles. The zero-order chi connectivity index (χ0) is 13.1. The Hall–Kier alpha value is -1.91. The van der Waals surface area contributed by atoms with Crippen molar-refractivity contribution in [3.8, 4) is 0 Å². The van der Waals surface area contributed by atoms with Gasteiger partial charge in [-0.15, -0.1) is 0 Å². The van der Waals surface area contributed by atoms with Crippen LogP contribution in [0.2, 0.25) is 0 Å². The molecule has 0 aromatic carbocycles. The monoisotopic (exact) mass is 248 g/mol. The van der Waals surface area contributed by atoms with Crippen molar-refractivity contribution in [3.05, 3.63) is 29.6 Å². The van der Waals surface area contributed by atoms with E-state index in [-0.39, 0.29) is 18.4 Å². The van der Waals surface area contributed by atoms with Gasteiger partial charge in [-0.3, -0.25) is 14.6 Å². The number of nitrogens with zero attached hydrogens (tertiary/aromatic N) is 1. The lowest BCUT2D eigenvalue weighted by Crippen LogP contribution is -2.38. The summed E-state index contributed by atoms with van der Waals surface area (Å²) >= 11 is 0. The number of aliphatic carboxylic acids is 1. The van der Waals surface area contributed by atoms with Crippen LogP contribution in [0.3, 0.4) is 0 Å². The van der Waals surface area contributed by atoms with Crippen molar-refractivity contribution in [1.82, 2.24) is 10.3 Å². The predicted octanol–water partition coefficient (Wildman–Crippen LogP) is 1.37. The molecule has 1 aromatic heterocycles. The number of carbonyl (C=O) groups is 2. The summed E-state index contributed by atoms with van der Waals surface area (Å²) in [5, 5.41) is 11.6. The van der Waals surface area contributed by atoms with E-state index >= 15 is 0 Å². The topological polar surface area (TPSA) is 79.3 Å². The molecule has 0 bridgehead atoms. The number of carboxylic acid groups (broad SMARTS) is 1. The fraction of sp³-hybridized carbons (Fsp3) is 0.462. The third kappa shape index (κ3) is 3.06. The van der Waals surface area contributed by atoms with Crippen LogP contribution >= 0.6 is 0 Å². The largest absolute Gasteiger partial charge is 0.481 e. The van der Waals surface area contributed by atoms with E-state index in [0.29, 0.717) is 17.2 Å². The smallest absolute Gasteiger partial charge is 0.305 e. The van der Waals surface area contributed by atoms with Crippen molar-refractivity contribution in [2.45, 2.75) is 32.2 Å². The van der Waals surface area contributed by atoms with Gasteiger partial charge < -0.3 is 10.4 Å². The summed E-state index contributed by atoms with van der Waals surface area (Å²) in [6, 6.07) is 3.13. The van der Waals surface area contributed by atoms with Crippen LogP contribution in [0.25, 0.3) is 0 Å². The first-order valence-electron chi connectivity index (χ1n) is 6.02. The summed E-state index contributed by atoms with van der Waals surface area (Å²) in [6.45, 7) is 1.76. The van der Waals surface area contributed by atoms with Gasteiger partial charge in [-0.05, 0) is 37.8 Å². The van der Waals surface area contributed by atoms with Crippen LogP contribution in [0, 0.1) is 12.8 Å². The third-order valence-corrected chi connectivity index (χ3v) is 3.15. The molecule has 1 atom stereocenters. The van der Waals surface area contributed by atoms with Gasteiger partial charge in [0, 0.05) is 17.9 Å². The number of hydrogen-bond acceptors (Lipinski definition) is 3. The molecular weight excluding hydrogens is 232 g/mol. The highest BCUT2D eigenvalue weighted by Gasteiger charge is 2.34. The molecule has 1 saturated carbocycles. The van der Waals surface area contributed by atoms with E-state index < -0.39 is 5.97 Å². The fourth-order valence-electron chi connectivity index (χ4n) is 1.99. The summed E-state index contributed by atoms with van der Waals surface area (Å²) in [5.41, 5.74) is 1.16. The second-order valence-electron chi connectivity index (χ2n) is 4.65. The molecule has 1 amide bonds. The number of pyridine rings is 1. The van der Waals surface area contributed by atoms with Crippen LogP contribution in [0.1, 0.15) is 35.3 Å². The van der Waals surface area contributed by atoms with Crippen LogP contribution in [0.5, 0.6) is 0 Å². The number of carbonyl (C=O) groups excluding carboxylic acids is 1. The lowest BCUT2D eigenvalue weighted by atomic mass is 10.1. The van der Waals surface area contributed by atoms with Crippen LogP contribution in [0.4, 0.5) is 0 Å². The molecule has 18 heavy (non-hydrogen) atoms. The van der Waals surface area contributed by atoms with Gasteiger partial charge in [-0.25, -0.2) is 0 Å². The molecule has 1 aliphatic rings. The number of rotatable bonds is 5. The number of hydrogen-bond donors (Lipinski definition) is 2. The first-order valence-corrected chi connectivity index (χ1v) is 6.02. The van der Waals surface area contributed by atoms with E-state index in [1.165, 1.54) is 0 Å². The Morgan fingerprint density at radius 1 is 1.56 bits per heavy atom. The van der Waals surface area contributed by atoms with E-state index in [1.54, 1.807) is 25.3 Å². The lowest BCUT2D eigenvalue weighted by molar-refractivity contribution is -0.137. The van der Waals surface area contributed by atoms with Crippen LogP contribution in [-0.4, -0.2) is 28.0 Å². The summed E-state index contributed by atoms with van der Waals surface area (Å²) in [7, 11) is 0. The van der Waals surface area contributed by atoms with E-state index in [0.717, 1.165) is 12.8 Å². The SMILES string of the molecule is Cc1ncccc1C(=O)NC(CC(=O)O)C1CC1. The van der Waals surface area contributed by atoms with Crippen LogP contribution in [0.15, 0.2) is 18.3 Å². The summed E-state index contributed by atoms with van der Waals surface area (Å²) in [5.74, 6) is -0.809. The number of aromatic nitrogens is 1. The first kappa shape index (κ1) is 12.5. The fourth-order valence-corrected chi connectivity index (χ4v) is 1.99. The average Bonchev–Trinajstić information content (AvgIpc) is 3.11. The third-order valence-electron chi connectivity index (χ3n) is 3.15. The Bertz CT molecular complexity index is 469. The highest BCUT2D eigenvalue weighted by Crippen LogP contribution is 2.34. The van der Waals surface area contributed by atoms with E-state index in [9.17, 15) is 9.59 Å². The minimum atomic E-state index is -0.880. The normalized spacial score (nSPS) is 16.1. The molecule has 0 saturated heterocycles. The van der Waals surface area contributed by atoms with Crippen molar-refractivity contribution < 1.29 is 14.7 Å². The highest BCUT2D eigenvalue weighted by atomic mass is 16.4. The van der Waals surface area contributed by atoms with Crippen molar-refractivity contribution in [2.75, 3.05) is 0 Å². The number of nitrogens with one attached hydrogen (secondary N) is 1. The molecule has 2 rings (SSSR count). The van der Waals surface area contributed by atoms with Crippen molar-refractivity contribution in [2.24, 2.45) is 5.92 Å². The molecular formula is C13H16N2O3. The maximum atomic E-state index is 12.0. The minimum absolute atomic E-state index is 0.0181. The molecule has 96 valence electrons. The Morgan fingerprint density at radius 3 is 2.83 bits per heavy atom. The molecule has 1 unspecified atom stereocenters.